The Bertz CT molecular complexity index is 531. The number of carbonyl (C=O) groups excluding carboxylic acids is 1. The van der Waals surface area contributed by atoms with Gasteiger partial charge in [-0.05, 0) is 19.9 Å². The van der Waals surface area contributed by atoms with Crippen LogP contribution in [0.3, 0.4) is 0 Å². The minimum Gasteiger partial charge on any atom is -0.382 e. The zero-order valence-electron chi connectivity index (χ0n) is 10.3. The summed E-state index contributed by atoms with van der Waals surface area (Å²) in [7, 11) is 0. The number of hydrogen-bond acceptors (Lipinski definition) is 5. The Labute approximate surface area is 109 Å². The largest absolute Gasteiger partial charge is 0.382 e. The molecule has 0 saturated heterocycles. The molecule has 0 spiro atoms. The zero-order chi connectivity index (χ0) is 13.2. The molecule has 2 rings (SSSR count). The highest BCUT2D eigenvalue weighted by atomic mass is 32.1. The van der Waals surface area contributed by atoms with Crippen LogP contribution in [0.5, 0.6) is 0 Å². The lowest BCUT2D eigenvalue weighted by atomic mass is 10.1. The van der Waals surface area contributed by atoms with Gasteiger partial charge in [-0.3, -0.25) is 9.48 Å². The maximum absolute atomic E-state index is 11.9. The number of thiazole rings is 1. The van der Waals surface area contributed by atoms with Gasteiger partial charge < -0.3 is 11.1 Å². The predicted octanol–water partition coefficient (Wildman–Crippen LogP) is 0.973. The third-order valence-electron chi connectivity index (χ3n) is 2.39. The average Bonchev–Trinajstić information content (AvgIpc) is 2.88. The highest BCUT2D eigenvalue weighted by Gasteiger charge is 2.25. The van der Waals surface area contributed by atoms with Crippen LogP contribution < -0.4 is 11.1 Å². The van der Waals surface area contributed by atoms with Gasteiger partial charge in [0.05, 0.1) is 5.54 Å². The highest BCUT2D eigenvalue weighted by Crippen LogP contribution is 2.21. The van der Waals surface area contributed by atoms with E-state index in [1.807, 2.05) is 19.2 Å². The van der Waals surface area contributed by atoms with Gasteiger partial charge in [0.15, 0.2) is 0 Å². The fourth-order valence-electron chi connectivity index (χ4n) is 1.59. The first-order chi connectivity index (χ1) is 8.47. The van der Waals surface area contributed by atoms with Crippen molar-refractivity contribution in [2.75, 3.05) is 5.73 Å². The van der Waals surface area contributed by atoms with E-state index in [9.17, 15) is 4.79 Å². The molecule has 96 valence electrons. The molecule has 0 aromatic carbocycles. The highest BCUT2D eigenvalue weighted by molar-refractivity contribution is 7.09. The smallest absolute Gasteiger partial charge is 0.242 e. The molecule has 0 aliphatic carbocycles. The molecule has 2 aromatic rings. The van der Waals surface area contributed by atoms with Crippen molar-refractivity contribution in [1.82, 2.24) is 20.1 Å². The molecular formula is C11H15N5OS. The molecule has 7 heteroatoms. The van der Waals surface area contributed by atoms with E-state index in [2.05, 4.69) is 15.4 Å². The lowest BCUT2D eigenvalue weighted by Gasteiger charge is -2.23. The summed E-state index contributed by atoms with van der Waals surface area (Å²) in [6.07, 6.45) is 3.40. The number of amides is 1. The number of carbonyl (C=O) groups is 1. The molecule has 0 radical (unpaired) electrons. The van der Waals surface area contributed by atoms with Crippen molar-refractivity contribution in [2.45, 2.75) is 25.9 Å². The first-order valence-electron chi connectivity index (χ1n) is 5.47. The molecule has 0 aliphatic rings. The van der Waals surface area contributed by atoms with Crippen molar-refractivity contribution in [3.63, 3.8) is 0 Å². The molecular weight excluding hydrogens is 250 g/mol. The van der Waals surface area contributed by atoms with Gasteiger partial charge in [0.25, 0.3) is 0 Å². The fourth-order valence-corrected chi connectivity index (χ4v) is 2.30. The summed E-state index contributed by atoms with van der Waals surface area (Å²) >= 11 is 1.51. The van der Waals surface area contributed by atoms with Crippen molar-refractivity contribution >= 4 is 23.1 Å². The molecule has 0 aliphatic heterocycles. The summed E-state index contributed by atoms with van der Waals surface area (Å²) in [4.78, 5) is 16.1. The predicted molar refractivity (Wildman–Crippen MR) is 69.9 cm³/mol. The van der Waals surface area contributed by atoms with Crippen LogP contribution in [-0.2, 0) is 16.9 Å². The maximum atomic E-state index is 11.9. The van der Waals surface area contributed by atoms with E-state index < -0.39 is 5.54 Å². The normalized spacial score (nSPS) is 11.4. The number of hydrogen-bond donors (Lipinski definition) is 2. The van der Waals surface area contributed by atoms with Crippen molar-refractivity contribution in [1.29, 1.82) is 0 Å². The van der Waals surface area contributed by atoms with Crippen molar-refractivity contribution in [3.05, 3.63) is 28.8 Å². The van der Waals surface area contributed by atoms with Crippen LogP contribution in [0.1, 0.15) is 18.9 Å². The first kappa shape index (κ1) is 12.6. The van der Waals surface area contributed by atoms with E-state index in [1.165, 1.54) is 16.0 Å². The van der Waals surface area contributed by atoms with E-state index in [0.717, 1.165) is 5.01 Å². The van der Waals surface area contributed by atoms with Gasteiger partial charge in [-0.2, -0.15) is 5.10 Å². The van der Waals surface area contributed by atoms with Crippen LogP contribution in [0, 0.1) is 0 Å². The van der Waals surface area contributed by atoms with Crippen LogP contribution >= 0.6 is 11.3 Å². The molecule has 2 aromatic heterocycles. The van der Waals surface area contributed by atoms with Gasteiger partial charge >= 0.3 is 0 Å². The van der Waals surface area contributed by atoms with Gasteiger partial charge in [0.2, 0.25) is 5.91 Å². The summed E-state index contributed by atoms with van der Waals surface area (Å²) in [6, 6.07) is 1.65. The van der Waals surface area contributed by atoms with E-state index in [0.29, 0.717) is 5.82 Å². The summed E-state index contributed by atoms with van der Waals surface area (Å²) < 4.78 is 1.50. The molecule has 18 heavy (non-hydrogen) atoms. The van der Waals surface area contributed by atoms with E-state index in [-0.39, 0.29) is 12.5 Å². The summed E-state index contributed by atoms with van der Waals surface area (Å²) in [5.74, 6) is 0.278. The second-order valence-corrected chi connectivity index (χ2v) is 5.34. The molecule has 1 amide bonds. The van der Waals surface area contributed by atoms with Crippen molar-refractivity contribution in [2.24, 2.45) is 0 Å². The lowest BCUT2D eigenvalue weighted by molar-refractivity contribution is -0.123. The Morgan fingerprint density at radius 3 is 2.94 bits per heavy atom. The lowest BCUT2D eigenvalue weighted by Crippen LogP contribution is -2.42. The fraction of sp³-hybridized carbons (Fsp3) is 0.364. The van der Waals surface area contributed by atoms with Gasteiger partial charge in [-0.15, -0.1) is 11.3 Å². The topological polar surface area (TPSA) is 85.8 Å². The molecule has 0 saturated carbocycles. The number of nitrogen functional groups attached to an aromatic ring is 1. The van der Waals surface area contributed by atoms with Crippen molar-refractivity contribution in [3.8, 4) is 0 Å². The van der Waals surface area contributed by atoms with Gasteiger partial charge in [0, 0.05) is 17.8 Å². The van der Waals surface area contributed by atoms with Gasteiger partial charge in [-0.1, -0.05) is 0 Å². The molecule has 0 unspecified atom stereocenters. The maximum Gasteiger partial charge on any atom is 0.242 e. The van der Waals surface area contributed by atoms with E-state index >= 15 is 0 Å². The van der Waals surface area contributed by atoms with Crippen LogP contribution in [0.15, 0.2) is 23.8 Å². The van der Waals surface area contributed by atoms with Gasteiger partial charge in [-0.25, -0.2) is 4.98 Å². The van der Waals surface area contributed by atoms with Crippen LogP contribution in [0.2, 0.25) is 0 Å². The van der Waals surface area contributed by atoms with Crippen LogP contribution in [0.25, 0.3) is 0 Å². The minimum absolute atomic E-state index is 0.127. The third kappa shape index (κ3) is 2.86. The van der Waals surface area contributed by atoms with Crippen LogP contribution in [-0.4, -0.2) is 20.7 Å². The average molecular weight is 265 g/mol. The molecule has 2 heterocycles. The number of anilines is 1. The summed E-state index contributed by atoms with van der Waals surface area (Å²) in [5, 5.41) is 9.65. The Balaban J connectivity index is 1.99. The number of nitrogens with two attached hydrogens (primary N) is 1. The molecule has 6 nitrogen and oxygen atoms in total. The second kappa shape index (κ2) is 4.77. The standard InChI is InChI=1S/C11H15N5OS/c1-11(2,10-13-4-6-18-10)14-9(17)7-16-5-3-8(12)15-16/h3-6H,7H2,1-2H3,(H2,12,15)(H,14,17). The quantitative estimate of drug-likeness (QED) is 0.862. The number of rotatable bonds is 4. The monoisotopic (exact) mass is 265 g/mol. The Morgan fingerprint density at radius 2 is 2.39 bits per heavy atom. The summed E-state index contributed by atoms with van der Waals surface area (Å²) in [5.41, 5.74) is 5.00. The molecule has 0 bridgehead atoms. The molecule has 3 N–H and O–H groups in total. The number of nitrogens with zero attached hydrogens (tertiary/aromatic N) is 3. The number of aromatic nitrogens is 3. The third-order valence-corrected chi connectivity index (χ3v) is 3.48. The second-order valence-electron chi connectivity index (χ2n) is 4.45. The minimum atomic E-state index is -0.482. The first-order valence-corrected chi connectivity index (χ1v) is 6.35. The number of nitrogens with one attached hydrogen (secondary N) is 1. The van der Waals surface area contributed by atoms with E-state index in [4.69, 9.17) is 5.73 Å². The Kier molecular flexibility index (Phi) is 3.33. The van der Waals surface area contributed by atoms with Gasteiger partial charge in [0.1, 0.15) is 17.4 Å². The van der Waals surface area contributed by atoms with Crippen molar-refractivity contribution < 1.29 is 4.79 Å². The SMILES string of the molecule is CC(C)(NC(=O)Cn1ccc(N)n1)c1nccs1. The van der Waals surface area contributed by atoms with Crippen LogP contribution in [0.4, 0.5) is 5.82 Å². The van der Waals surface area contributed by atoms with E-state index in [1.54, 1.807) is 18.5 Å². The molecule has 0 atom stereocenters. The zero-order valence-corrected chi connectivity index (χ0v) is 11.1. The Morgan fingerprint density at radius 1 is 1.61 bits per heavy atom. The molecule has 0 fully saturated rings. The summed E-state index contributed by atoms with van der Waals surface area (Å²) in [6.45, 7) is 3.98. The Hall–Kier alpha value is -1.89.